The molecule has 0 aliphatic rings. The highest BCUT2D eigenvalue weighted by Gasteiger charge is 2.10. The van der Waals surface area contributed by atoms with Gasteiger partial charge in [0.25, 0.3) is 5.56 Å². The molecule has 0 aromatic carbocycles. The van der Waals surface area contributed by atoms with Gasteiger partial charge in [-0.25, -0.2) is 4.98 Å². The van der Waals surface area contributed by atoms with Crippen LogP contribution in [0, 0.1) is 0 Å². The van der Waals surface area contributed by atoms with E-state index in [1.54, 1.807) is 12.3 Å². The molecule has 94 valence electrons. The van der Waals surface area contributed by atoms with Crippen molar-refractivity contribution >= 4 is 0 Å². The minimum Gasteiger partial charge on any atom is -0.305 e. The van der Waals surface area contributed by atoms with E-state index in [-0.39, 0.29) is 11.5 Å². The predicted octanol–water partition coefficient (Wildman–Crippen LogP) is 2.52. The molecule has 4 heteroatoms. The molecule has 2 rings (SSSR count). The lowest BCUT2D eigenvalue weighted by molar-refractivity contribution is 0.810. The van der Waals surface area contributed by atoms with Gasteiger partial charge in [0.15, 0.2) is 5.82 Å². The zero-order chi connectivity index (χ0) is 13.1. The monoisotopic (exact) mass is 243 g/mol. The highest BCUT2D eigenvalue weighted by atomic mass is 16.1. The first-order valence-electron chi connectivity index (χ1n) is 6.17. The quantitative estimate of drug-likeness (QED) is 0.901. The Kier molecular flexibility index (Phi) is 3.55. The Balaban J connectivity index is 2.60. The van der Waals surface area contributed by atoms with Crippen LogP contribution >= 0.6 is 0 Å². The summed E-state index contributed by atoms with van der Waals surface area (Å²) in [4.78, 5) is 23.3. The van der Waals surface area contributed by atoms with Crippen LogP contribution in [0.4, 0.5) is 0 Å². The van der Waals surface area contributed by atoms with Crippen LogP contribution in [0.1, 0.15) is 37.9 Å². The molecule has 2 heterocycles. The predicted molar refractivity (Wildman–Crippen MR) is 71.6 cm³/mol. The molecule has 0 aliphatic heterocycles. The second kappa shape index (κ2) is 5.12. The van der Waals surface area contributed by atoms with Gasteiger partial charge >= 0.3 is 0 Å². The van der Waals surface area contributed by atoms with Crippen molar-refractivity contribution in [3.05, 3.63) is 46.0 Å². The van der Waals surface area contributed by atoms with Gasteiger partial charge in [-0.3, -0.25) is 9.78 Å². The molecule has 0 fully saturated rings. The number of hydrogen-bond donors (Lipinski definition) is 1. The fraction of sp³-hybridized carbons (Fsp3) is 0.357. The van der Waals surface area contributed by atoms with Gasteiger partial charge in [0.05, 0.1) is 5.69 Å². The Bertz CT molecular complexity index is 602. The topological polar surface area (TPSA) is 58.6 Å². The number of aromatic nitrogens is 3. The standard InChI is InChI=1S/C14H17N3O/c1-4-10-6-5-7-15-13(10)14-16-11(9(2)3)8-12(18)17-14/h5-9H,4H2,1-3H3,(H,16,17,18). The summed E-state index contributed by atoms with van der Waals surface area (Å²) in [6.45, 7) is 6.10. The van der Waals surface area contributed by atoms with Crippen molar-refractivity contribution in [3.63, 3.8) is 0 Å². The summed E-state index contributed by atoms with van der Waals surface area (Å²) in [5.74, 6) is 0.781. The second-order valence-corrected chi connectivity index (χ2v) is 4.54. The molecule has 0 unspecified atom stereocenters. The fourth-order valence-electron chi connectivity index (χ4n) is 1.82. The van der Waals surface area contributed by atoms with Crippen molar-refractivity contribution in [3.8, 4) is 11.5 Å². The summed E-state index contributed by atoms with van der Waals surface area (Å²) in [5.41, 5.74) is 2.51. The number of nitrogens with one attached hydrogen (secondary N) is 1. The van der Waals surface area contributed by atoms with Crippen LogP contribution in [0.2, 0.25) is 0 Å². The molecule has 18 heavy (non-hydrogen) atoms. The first-order chi connectivity index (χ1) is 8.61. The average molecular weight is 243 g/mol. The molecule has 0 bridgehead atoms. The van der Waals surface area contributed by atoms with Crippen LogP contribution in [0.5, 0.6) is 0 Å². The van der Waals surface area contributed by atoms with Crippen LogP contribution in [0.25, 0.3) is 11.5 Å². The van der Waals surface area contributed by atoms with Crippen LogP contribution < -0.4 is 5.56 Å². The Labute approximate surface area is 106 Å². The lowest BCUT2D eigenvalue weighted by Gasteiger charge is -2.08. The average Bonchev–Trinajstić information content (AvgIpc) is 2.38. The highest BCUT2D eigenvalue weighted by Crippen LogP contribution is 2.18. The molecule has 0 radical (unpaired) electrons. The second-order valence-electron chi connectivity index (χ2n) is 4.54. The van der Waals surface area contributed by atoms with Crippen molar-refractivity contribution < 1.29 is 0 Å². The number of nitrogens with zero attached hydrogens (tertiary/aromatic N) is 2. The molecule has 2 aromatic rings. The third-order valence-electron chi connectivity index (χ3n) is 2.85. The summed E-state index contributed by atoms with van der Waals surface area (Å²) in [6.07, 6.45) is 2.58. The maximum Gasteiger partial charge on any atom is 0.251 e. The smallest absolute Gasteiger partial charge is 0.251 e. The van der Waals surface area contributed by atoms with Gasteiger partial charge in [-0.1, -0.05) is 26.8 Å². The SMILES string of the molecule is CCc1cccnc1-c1nc(C(C)C)cc(=O)[nH]1. The molecule has 1 N–H and O–H groups in total. The lowest BCUT2D eigenvalue weighted by Crippen LogP contribution is -2.12. The van der Waals surface area contributed by atoms with E-state index in [0.29, 0.717) is 5.82 Å². The normalized spacial score (nSPS) is 10.9. The van der Waals surface area contributed by atoms with E-state index in [9.17, 15) is 4.79 Å². The van der Waals surface area contributed by atoms with Crippen LogP contribution in [0.3, 0.4) is 0 Å². The molecule has 0 amide bonds. The van der Waals surface area contributed by atoms with E-state index in [4.69, 9.17) is 0 Å². The highest BCUT2D eigenvalue weighted by molar-refractivity contribution is 5.54. The zero-order valence-electron chi connectivity index (χ0n) is 10.9. The summed E-state index contributed by atoms with van der Waals surface area (Å²) in [5, 5.41) is 0. The number of aromatic amines is 1. The Morgan fingerprint density at radius 2 is 2.17 bits per heavy atom. The summed E-state index contributed by atoms with van der Waals surface area (Å²) >= 11 is 0. The molecule has 2 aromatic heterocycles. The van der Waals surface area contributed by atoms with Gasteiger partial charge in [0.1, 0.15) is 5.69 Å². The Morgan fingerprint density at radius 1 is 1.39 bits per heavy atom. The van der Waals surface area contributed by atoms with E-state index in [1.165, 1.54) is 0 Å². The van der Waals surface area contributed by atoms with E-state index < -0.39 is 0 Å². The van der Waals surface area contributed by atoms with E-state index >= 15 is 0 Å². The molecular weight excluding hydrogens is 226 g/mol. The van der Waals surface area contributed by atoms with Crippen molar-refractivity contribution in [2.75, 3.05) is 0 Å². The summed E-state index contributed by atoms with van der Waals surface area (Å²) in [6, 6.07) is 5.44. The van der Waals surface area contributed by atoms with Crippen molar-refractivity contribution in [2.24, 2.45) is 0 Å². The van der Waals surface area contributed by atoms with E-state index in [1.807, 2.05) is 26.0 Å². The molecule has 0 saturated heterocycles. The zero-order valence-corrected chi connectivity index (χ0v) is 10.9. The van der Waals surface area contributed by atoms with Crippen molar-refractivity contribution in [1.29, 1.82) is 0 Å². The summed E-state index contributed by atoms with van der Waals surface area (Å²) < 4.78 is 0. The van der Waals surface area contributed by atoms with Crippen LogP contribution in [0.15, 0.2) is 29.2 Å². The number of hydrogen-bond acceptors (Lipinski definition) is 3. The molecule has 0 aliphatic carbocycles. The van der Waals surface area contributed by atoms with E-state index in [0.717, 1.165) is 23.4 Å². The molecular formula is C14H17N3O. The number of H-pyrrole nitrogens is 1. The summed E-state index contributed by atoms with van der Waals surface area (Å²) in [7, 11) is 0. The van der Waals surface area contributed by atoms with Crippen molar-refractivity contribution in [2.45, 2.75) is 33.1 Å². The van der Waals surface area contributed by atoms with Gasteiger partial charge in [-0.2, -0.15) is 0 Å². The lowest BCUT2D eigenvalue weighted by atomic mass is 10.1. The van der Waals surface area contributed by atoms with Gasteiger partial charge in [-0.05, 0) is 24.0 Å². The van der Waals surface area contributed by atoms with Gasteiger partial charge in [-0.15, -0.1) is 0 Å². The Morgan fingerprint density at radius 3 is 2.83 bits per heavy atom. The third kappa shape index (κ3) is 2.47. The first kappa shape index (κ1) is 12.5. The number of rotatable bonds is 3. The maximum absolute atomic E-state index is 11.7. The Hall–Kier alpha value is -1.97. The van der Waals surface area contributed by atoms with Gasteiger partial charge in [0.2, 0.25) is 0 Å². The van der Waals surface area contributed by atoms with Gasteiger partial charge < -0.3 is 4.98 Å². The first-order valence-corrected chi connectivity index (χ1v) is 6.17. The molecule has 0 atom stereocenters. The van der Waals surface area contributed by atoms with Crippen LogP contribution in [-0.2, 0) is 6.42 Å². The van der Waals surface area contributed by atoms with Crippen molar-refractivity contribution in [1.82, 2.24) is 15.0 Å². The largest absolute Gasteiger partial charge is 0.305 e. The third-order valence-corrected chi connectivity index (χ3v) is 2.85. The minimum atomic E-state index is -0.128. The number of pyridine rings is 1. The van der Waals surface area contributed by atoms with E-state index in [2.05, 4.69) is 21.9 Å². The maximum atomic E-state index is 11.7. The van der Waals surface area contributed by atoms with Gasteiger partial charge in [0, 0.05) is 12.3 Å². The molecule has 0 spiro atoms. The number of aryl methyl sites for hydroxylation is 1. The minimum absolute atomic E-state index is 0.128. The molecule has 0 saturated carbocycles. The fourth-order valence-corrected chi connectivity index (χ4v) is 1.82. The molecule has 4 nitrogen and oxygen atoms in total. The van der Waals surface area contributed by atoms with Crippen LogP contribution in [-0.4, -0.2) is 15.0 Å².